The van der Waals surface area contributed by atoms with E-state index >= 15 is 0 Å². The van der Waals surface area contributed by atoms with Crippen LogP contribution in [0.1, 0.15) is 29.0 Å². The number of nitrogens with zero attached hydrogens (tertiary/aromatic N) is 1. The fourth-order valence-electron chi connectivity index (χ4n) is 3.64. The number of amides is 1. The van der Waals surface area contributed by atoms with E-state index in [0.29, 0.717) is 18.9 Å². The standard InChI is InChI=1S/C24H25NO7S/c1-29-19-9-11-22(12-10-19)33(27,28)32-20-6-2-5-18(15-20)16-25(17-21-7-3-13-30-21)24(26)23-8-4-14-31-23/h2,4-6,8-12,14-15,21H,3,7,13,16-17H2,1H3/t21-/m0/s1. The van der Waals surface area contributed by atoms with E-state index in [9.17, 15) is 13.2 Å². The van der Waals surface area contributed by atoms with Crippen molar-refractivity contribution in [2.45, 2.75) is 30.4 Å². The molecule has 4 rings (SSSR count). The van der Waals surface area contributed by atoms with Crippen LogP contribution in [0.3, 0.4) is 0 Å². The zero-order valence-corrected chi connectivity index (χ0v) is 19.0. The van der Waals surface area contributed by atoms with Gasteiger partial charge in [-0.05, 0) is 66.9 Å². The van der Waals surface area contributed by atoms with Crippen molar-refractivity contribution in [1.82, 2.24) is 4.90 Å². The van der Waals surface area contributed by atoms with Crippen LogP contribution in [-0.2, 0) is 21.4 Å². The average molecular weight is 472 g/mol. The lowest BCUT2D eigenvalue weighted by molar-refractivity contribution is 0.0484. The summed E-state index contributed by atoms with van der Waals surface area (Å²) in [7, 11) is -2.52. The normalized spacial score (nSPS) is 15.8. The highest BCUT2D eigenvalue weighted by Crippen LogP contribution is 2.23. The van der Waals surface area contributed by atoms with Crippen molar-refractivity contribution >= 4 is 16.0 Å². The number of benzene rings is 2. The largest absolute Gasteiger partial charge is 0.497 e. The lowest BCUT2D eigenvalue weighted by Gasteiger charge is -2.25. The molecule has 3 aromatic rings. The summed E-state index contributed by atoms with van der Waals surface area (Å²) in [6.45, 7) is 1.34. The number of hydrogen-bond acceptors (Lipinski definition) is 7. The van der Waals surface area contributed by atoms with E-state index in [4.69, 9.17) is 18.1 Å². The second-order valence-corrected chi connectivity index (χ2v) is 9.20. The monoisotopic (exact) mass is 471 g/mol. The van der Waals surface area contributed by atoms with Crippen LogP contribution in [0.2, 0.25) is 0 Å². The van der Waals surface area contributed by atoms with E-state index in [1.807, 2.05) is 6.07 Å². The Morgan fingerprint density at radius 1 is 1.09 bits per heavy atom. The molecular formula is C24H25NO7S. The molecule has 0 spiro atoms. The topological polar surface area (TPSA) is 95.3 Å². The summed E-state index contributed by atoms with van der Waals surface area (Å²) in [5.41, 5.74) is 0.718. The summed E-state index contributed by atoms with van der Waals surface area (Å²) in [4.78, 5) is 14.6. The van der Waals surface area contributed by atoms with Crippen LogP contribution in [0, 0.1) is 0 Å². The quantitative estimate of drug-likeness (QED) is 0.437. The number of furan rings is 1. The molecule has 33 heavy (non-hydrogen) atoms. The van der Waals surface area contributed by atoms with Gasteiger partial charge in [-0.15, -0.1) is 0 Å². The van der Waals surface area contributed by atoms with Crippen molar-refractivity contribution in [2.75, 3.05) is 20.3 Å². The Labute approximate surface area is 192 Å². The molecule has 1 atom stereocenters. The zero-order valence-electron chi connectivity index (χ0n) is 18.2. The van der Waals surface area contributed by atoms with Crippen molar-refractivity contribution < 1.29 is 31.3 Å². The summed E-state index contributed by atoms with van der Waals surface area (Å²) < 4.78 is 46.7. The molecule has 2 aromatic carbocycles. The van der Waals surface area contributed by atoms with Crippen molar-refractivity contribution in [3.05, 3.63) is 78.3 Å². The molecule has 0 N–H and O–H groups in total. The number of methoxy groups -OCH3 is 1. The van der Waals surface area contributed by atoms with Gasteiger partial charge in [0.05, 0.1) is 19.5 Å². The minimum Gasteiger partial charge on any atom is -0.497 e. The van der Waals surface area contributed by atoms with Crippen molar-refractivity contribution in [3.8, 4) is 11.5 Å². The molecule has 1 fully saturated rings. The Morgan fingerprint density at radius 3 is 2.58 bits per heavy atom. The first kappa shape index (κ1) is 22.9. The van der Waals surface area contributed by atoms with E-state index in [2.05, 4.69) is 0 Å². The van der Waals surface area contributed by atoms with Gasteiger partial charge in [-0.2, -0.15) is 8.42 Å². The Kier molecular flexibility index (Phi) is 7.00. The maximum atomic E-state index is 13.0. The Hall–Kier alpha value is -3.30. The Bertz CT molecular complexity index is 1170. The molecule has 0 unspecified atom stereocenters. The second kappa shape index (κ2) is 10.1. The molecule has 0 aliphatic carbocycles. The number of carbonyl (C=O) groups is 1. The number of rotatable bonds is 9. The third-order valence-corrected chi connectivity index (χ3v) is 6.55. The van der Waals surface area contributed by atoms with Crippen LogP contribution in [-0.4, -0.2) is 45.6 Å². The molecule has 1 saturated heterocycles. The maximum absolute atomic E-state index is 13.0. The first-order valence-corrected chi connectivity index (χ1v) is 12.0. The van der Waals surface area contributed by atoms with Gasteiger partial charge >= 0.3 is 10.1 Å². The third kappa shape index (κ3) is 5.74. The van der Waals surface area contributed by atoms with Gasteiger partial charge in [0.15, 0.2) is 5.76 Å². The molecular weight excluding hydrogens is 446 g/mol. The van der Waals surface area contributed by atoms with Crippen LogP contribution in [0.4, 0.5) is 0 Å². The third-order valence-electron chi connectivity index (χ3n) is 5.29. The van der Waals surface area contributed by atoms with E-state index < -0.39 is 10.1 Å². The predicted molar refractivity (Wildman–Crippen MR) is 120 cm³/mol. The van der Waals surface area contributed by atoms with Gasteiger partial charge in [0.2, 0.25) is 0 Å². The van der Waals surface area contributed by atoms with Crippen LogP contribution in [0.25, 0.3) is 0 Å². The highest BCUT2D eigenvalue weighted by atomic mass is 32.2. The maximum Gasteiger partial charge on any atom is 0.339 e. The lowest BCUT2D eigenvalue weighted by atomic mass is 10.1. The second-order valence-electron chi connectivity index (χ2n) is 7.66. The van der Waals surface area contributed by atoms with Crippen LogP contribution >= 0.6 is 0 Å². The van der Waals surface area contributed by atoms with E-state index in [1.54, 1.807) is 47.4 Å². The number of carbonyl (C=O) groups excluding carboxylic acids is 1. The SMILES string of the molecule is COc1ccc(S(=O)(=O)Oc2cccc(CN(C[C@@H]3CCCO3)C(=O)c3ccco3)c2)cc1. The van der Waals surface area contributed by atoms with E-state index in [0.717, 1.165) is 18.4 Å². The highest BCUT2D eigenvalue weighted by molar-refractivity contribution is 7.87. The fourth-order valence-corrected chi connectivity index (χ4v) is 4.57. The molecule has 0 radical (unpaired) electrons. The van der Waals surface area contributed by atoms with Gasteiger partial charge in [-0.1, -0.05) is 12.1 Å². The molecule has 1 aliphatic heterocycles. The van der Waals surface area contributed by atoms with Gasteiger partial charge < -0.3 is 23.0 Å². The first-order valence-electron chi connectivity index (χ1n) is 10.6. The van der Waals surface area contributed by atoms with Crippen LogP contribution in [0.15, 0.2) is 76.2 Å². The highest BCUT2D eigenvalue weighted by Gasteiger charge is 2.25. The first-order chi connectivity index (χ1) is 15.9. The number of ether oxygens (including phenoxy) is 2. The minimum atomic E-state index is -4.03. The van der Waals surface area contributed by atoms with Crippen molar-refractivity contribution in [1.29, 1.82) is 0 Å². The summed E-state index contributed by atoms with van der Waals surface area (Å²) in [6.07, 6.45) is 3.25. The molecule has 0 bridgehead atoms. The summed E-state index contributed by atoms with van der Waals surface area (Å²) in [5.74, 6) is 0.685. The Morgan fingerprint density at radius 2 is 1.91 bits per heavy atom. The molecule has 8 nitrogen and oxygen atoms in total. The van der Waals surface area contributed by atoms with Crippen LogP contribution in [0.5, 0.6) is 11.5 Å². The van der Waals surface area contributed by atoms with E-state index in [1.165, 1.54) is 25.5 Å². The molecule has 9 heteroatoms. The molecule has 0 saturated carbocycles. The number of hydrogen-bond donors (Lipinski definition) is 0. The van der Waals surface area contributed by atoms with Gasteiger partial charge in [0.1, 0.15) is 16.4 Å². The van der Waals surface area contributed by atoms with E-state index in [-0.39, 0.29) is 35.0 Å². The average Bonchev–Trinajstić information content (AvgIpc) is 3.53. The molecule has 1 aromatic heterocycles. The molecule has 1 amide bonds. The fraction of sp³-hybridized carbons (Fsp3) is 0.292. The summed E-state index contributed by atoms with van der Waals surface area (Å²) >= 11 is 0. The summed E-state index contributed by atoms with van der Waals surface area (Å²) in [5, 5.41) is 0. The van der Waals surface area contributed by atoms with Crippen molar-refractivity contribution in [2.24, 2.45) is 0 Å². The summed E-state index contributed by atoms with van der Waals surface area (Å²) in [6, 6.07) is 15.9. The molecule has 1 aliphatic rings. The minimum absolute atomic E-state index is 0.0155. The lowest BCUT2D eigenvalue weighted by Crippen LogP contribution is -2.36. The zero-order chi connectivity index (χ0) is 23.3. The molecule has 2 heterocycles. The van der Waals surface area contributed by atoms with Gasteiger partial charge in [0, 0.05) is 19.7 Å². The Balaban J connectivity index is 1.51. The predicted octanol–water partition coefficient (Wildman–Crippen LogP) is 3.88. The van der Waals surface area contributed by atoms with Crippen LogP contribution < -0.4 is 8.92 Å². The van der Waals surface area contributed by atoms with Crippen molar-refractivity contribution in [3.63, 3.8) is 0 Å². The molecule has 174 valence electrons. The smallest absolute Gasteiger partial charge is 0.339 e. The van der Waals surface area contributed by atoms with Gasteiger partial charge in [-0.3, -0.25) is 4.79 Å². The van der Waals surface area contributed by atoms with Gasteiger partial charge in [-0.25, -0.2) is 0 Å². The van der Waals surface area contributed by atoms with Gasteiger partial charge in [0.25, 0.3) is 5.91 Å².